The van der Waals surface area contributed by atoms with Crippen LogP contribution in [-0.2, 0) is 0 Å². The number of amides is 1. The van der Waals surface area contributed by atoms with Crippen molar-refractivity contribution >= 4 is 67.5 Å². The molecule has 2 aromatic heterocycles. The predicted molar refractivity (Wildman–Crippen MR) is 138 cm³/mol. The highest BCUT2D eigenvalue weighted by atomic mass is 35.5. The van der Waals surface area contributed by atoms with Crippen LogP contribution in [0.4, 0.5) is 0 Å². The Hall–Kier alpha value is -3.65. The van der Waals surface area contributed by atoms with Gasteiger partial charge in [-0.3, -0.25) is 9.59 Å². The molecule has 2 heterocycles. The summed E-state index contributed by atoms with van der Waals surface area (Å²) in [5.74, 6) is -0.833. The third-order valence-corrected chi connectivity index (χ3v) is 7.29. The molecule has 5 rings (SSSR count). The number of para-hydroxylation sites is 1. The van der Waals surface area contributed by atoms with Crippen molar-refractivity contribution in [2.24, 2.45) is 5.10 Å². The third-order valence-electron chi connectivity index (χ3n) is 5.30. The molecule has 34 heavy (non-hydrogen) atoms. The molecule has 0 radical (unpaired) electrons. The number of benzene rings is 3. The molecule has 5 aromatic rings. The fourth-order valence-electron chi connectivity index (χ4n) is 3.71. The van der Waals surface area contributed by atoms with Gasteiger partial charge in [0.15, 0.2) is 0 Å². The average Bonchev–Trinajstić information content (AvgIpc) is 3.19. The Bertz CT molecular complexity index is 1670. The first kappa shape index (κ1) is 22.2. The van der Waals surface area contributed by atoms with Crippen molar-refractivity contribution in [2.75, 3.05) is 0 Å². The number of nitrogens with one attached hydrogen (secondary N) is 1. The van der Waals surface area contributed by atoms with E-state index in [2.05, 4.69) is 10.5 Å². The molecule has 0 spiro atoms. The average molecular weight is 508 g/mol. The third kappa shape index (κ3) is 3.74. The van der Waals surface area contributed by atoms with Gasteiger partial charge >= 0.3 is 0 Å². The minimum atomic E-state index is -0.481. The van der Waals surface area contributed by atoms with E-state index in [1.807, 2.05) is 24.3 Å². The van der Waals surface area contributed by atoms with Crippen LogP contribution in [0.25, 0.3) is 26.5 Å². The Balaban J connectivity index is 1.57. The van der Waals surface area contributed by atoms with E-state index >= 15 is 0 Å². The molecule has 0 aliphatic carbocycles. The van der Waals surface area contributed by atoms with Gasteiger partial charge in [-0.1, -0.05) is 71.7 Å². The van der Waals surface area contributed by atoms with Crippen molar-refractivity contribution in [3.8, 4) is 11.6 Å². The number of hydrogen-bond acceptors (Lipinski definition) is 5. The van der Waals surface area contributed by atoms with E-state index in [4.69, 9.17) is 23.2 Å². The maximum Gasteiger partial charge on any atom is 0.283 e. The maximum atomic E-state index is 13.2. The standard InChI is InChI=1S/C25H15Cl2N3O3S/c26-18-10-4-5-11-19(18)30-24(32)15-8-2-1-7-14(15)17(25(30)33)13-28-29-23(31)22-21(27)16-9-3-6-12-20(16)34-22/h1-13,33H,(H,29,31). The van der Waals surface area contributed by atoms with E-state index in [0.717, 1.165) is 14.7 Å². The summed E-state index contributed by atoms with van der Waals surface area (Å²) < 4.78 is 2.01. The minimum Gasteiger partial charge on any atom is -0.494 e. The fourth-order valence-corrected chi connectivity index (χ4v) is 5.34. The minimum absolute atomic E-state index is 0.248. The molecular weight excluding hydrogens is 493 g/mol. The number of hydrazone groups is 1. The Kier molecular flexibility index (Phi) is 5.83. The van der Waals surface area contributed by atoms with Gasteiger partial charge in [-0.2, -0.15) is 5.10 Å². The molecule has 3 aromatic carbocycles. The summed E-state index contributed by atoms with van der Waals surface area (Å²) in [5, 5.41) is 17.4. The van der Waals surface area contributed by atoms with Gasteiger partial charge in [-0.15, -0.1) is 11.3 Å². The molecule has 0 bridgehead atoms. The first-order valence-electron chi connectivity index (χ1n) is 10.1. The highest BCUT2D eigenvalue weighted by Gasteiger charge is 2.19. The zero-order valence-corrected chi connectivity index (χ0v) is 19.7. The number of pyridine rings is 1. The van der Waals surface area contributed by atoms with Crippen LogP contribution in [0.5, 0.6) is 5.88 Å². The molecule has 0 saturated heterocycles. The largest absolute Gasteiger partial charge is 0.494 e. The van der Waals surface area contributed by atoms with Crippen LogP contribution in [0.15, 0.2) is 82.7 Å². The number of fused-ring (bicyclic) bond motifs is 2. The number of rotatable bonds is 4. The van der Waals surface area contributed by atoms with E-state index < -0.39 is 11.5 Å². The summed E-state index contributed by atoms with van der Waals surface area (Å²) in [6, 6.07) is 21.0. The second-order valence-corrected chi connectivity index (χ2v) is 9.15. The monoisotopic (exact) mass is 507 g/mol. The second kappa shape index (κ2) is 8.95. The number of thiophene rings is 1. The van der Waals surface area contributed by atoms with Crippen molar-refractivity contribution in [2.45, 2.75) is 0 Å². The summed E-state index contributed by atoms with van der Waals surface area (Å²) in [6.45, 7) is 0. The quantitative estimate of drug-likeness (QED) is 0.231. The number of halogens is 2. The van der Waals surface area contributed by atoms with Crippen molar-refractivity contribution in [1.82, 2.24) is 9.99 Å². The summed E-state index contributed by atoms with van der Waals surface area (Å²) in [6.07, 6.45) is 1.30. The Morgan fingerprint density at radius 1 is 0.941 bits per heavy atom. The lowest BCUT2D eigenvalue weighted by molar-refractivity contribution is 0.0959. The fraction of sp³-hybridized carbons (Fsp3) is 0. The molecule has 0 unspecified atom stereocenters. The molecule has 0 aliphatic rings. The van der Waals surface area contributed by atoms with Gasteiger partial charge in [0.25, 0.3) is 11.5 Å². The molecule has 0 fully saturated rings. The van der Waals surface area contributed by atoms with E-state index in [0.29, 0.717) is 31.4 Å². The van der Waals surface area contributed by atoms with E-state index in [1.54, 1.807) is 48.5 Å². The first-order valence-corrected chi connectivity index (χ1v) is 11.7. The van der Waals surface area contributed by atoms with E-state index in [-0.39, 0.29) is 11.4 Å². The predicted octanol–water partition coefficient (Wildman–Crippen LogP) is 5.98. The summed E-state index contributed by atoms with van der Waals surface area (Å²) in [5.41, 5.74) is 2.60. The van der Waals surface area contributed by atoms with Gasteiger partial charge in [0.05, 0.1) is 27.5 Å². The van der Waals surface area contributed by atoms with Gasteiger partial charge in [0, 0.05) is 20.9 Å². The Morgan fingerprint density at radius 2 is 1.59 bits per heavy atom. The van der Waals surface area contributed by atoms with Crippen LogP contribution in [0.1, 0.15) is 15.2 Å². The molecular formula is C25H15Cl2N3O3S. The van der Waals surface area contributed by atoms with Crippen LogP contribution in [-0.4, -0.2) is 21.8 Å². The Labute approximate surface area is 207 Å². The lowest BCUT2D eigenvalue weighted by Gasteiger charge is -2.14. The number of aromatic nitrogens is 1. The first-order chi connectivity index (χ1) is 16.5. The van der Waals surface area contributed by atoms with Gasteiger partial charge in [-0.05, 0) is 24.3 Å². The van der Waals surface area contributed by atoms with E-state index in [1.165, 1.54) is 17.6 Å². The van der Waals surface area contributed by atoms with Crippen LogP contribution in [0, 0.1) is 0 Å². The van der Waals surface area contributed by atoms with Crippen molar-refractivity contribution in [3.63, 3.8) is 0 Å². The van der Waals surface area contributed by atoms with E-state index in [9.17, 15) is 14.7 Å². The Morgan fingerprint density at radius 3 is 2.32 bits per heavy atom. The second-order valence-electron chi connectivity index (χ2n) is 7.32. The lowest BCUT2D eigenvalue weighted by atomic mass is 10.1. The lowest BCUT2D eigenvalue weighted by Crippen LogP contribution is -2.21. The SMILES string of the molecule is O=C(NN=Cc1c(O)n(-c2ccccc2Cl)c(=O)c2ccccc12)c1sc2ccccc2c1Cl. The molecule has 2 N–H and O–H groups in total. The summed E-state index contributed by atoms with van der Waals surface area (Å²) >= 11 is 13.9. The van der Waals surface area contributed by atoms with Gasteiger partial charge in [0.2, 0.25) is 5.88 Å². The van der Waals surface area contributed by atoms with Crippen LogP contribution >= 0.6 is 34.5 Å². The number of hydrogen-bond donors (Lipinski definition) is 2. The normalized spacial score (nSPS) is 11.5. The zero-order valence-electron chi connectivity index (χ0n) is 17.3. The molecule has 0 saturated carbocycles. The highest BCUT2D eigenvalue weighted by Crippen LogP contribution is 2.35. The zero-order chi connectivity index (χ0) is 23.8. The maximum absolute atomic E-state index is 13.2. The highest BCUT2D eigenvalue weighted by molar-refractivity contribution is 7.21. The number of nitrogens with zero attached hydrogens (tertiary/aromatic N) is 2. The van der Waals surface area contributed by atoms with Crippen molar-refractivity contribution in [1.29, 1.82) is 0 Å². The molecule has 0 atom stereocenters. The van der Waals surface area contributed by atoms with Crippen molar-refractivity contribution in [3.05, 3.63) is 104 Å². The summed E-state index contributed by atoms with van der Waals surface area (Å²) in [4.78, 5) is 26.2. The van der Waals surface area contributed by atoms with Crippen LogP contribution < -0.4 is 11.0 Å². The van der Waals surface area contributed by atoms with Crippen LogP contribution in [0.2, 0.25) is 10.0 Å². The topological polar surface area (TPSA) is 83.7 Å². The molecule has 6 nitrogen and oxygen atoms in total. The summed E-state index contributed by atoms with van der Waals surface area (Å²) in [7, 11) is 0. The number of aromatic hydroxyl groups is 1. The van der Waals surface area contributed by atoms with Gasteiger partial charge < -0.3 is 5.11 Å². The molecule has 9 heteroatoms. The molecule has 1 amide bonds. The van der Waals surface area contributed by atoms with Crippen LogP contribution in [0.3, 0.4) is 0 Å². The number of carbonyl (C=O) groups excluding carboxylic acids is 1. The van der Waals surface area contributed by atoms with Gasteiger partial charge in [0.1, 0.15) is 4.88 Å². The molecule has 0 aliphatic heterocycles. The van der Waals surface area contributed by atoms with Gasteiger partial charge in [-0.25, -0.2) is 9.99 Å². The smallest absolute Gasteiger partial charge is 0.283 e. The molecule has 168 valence electrons. The van der Waals surface area contributed by atoms with Crippen molar-refractivity contribution < 1.29 is 9.90 Å². The number of carbonyl (C=O) groups is 1.